The second-order valence-corrected chi connectivity index (χ2v) is 7.20. The van der Waals surface area contributed by atoms with E-state index in [-0.39, 0.29) is 11.4 Å². The standard InChI is InChI=1S/C7H19N2O3PS/c1-6(4-3-5-8)9-7(2)14-13(10,11)12/h6-7,9H,3-5,8H2,1-2H3,(H2,10,11,12). The molecule has 0 aliphatic rings. The van der Waals surface area contributed by atoms with Crippen LogP contribution >= 0.6 is 18.2 Å². The highest BCUT2D eigenvalue weighted by atomic mass is 32.7. The van der Waals surface area contributed by atoms with Gasteiger partial charge in [-0.2, -0.15) is 0 Å². The summed E-state index contributed by atoms with van der Waals surface area (Å²) >= 11 is 0.643. The molecule has 0 radical (unpaired) electrons. The van der Waals surface area contributed by atoms with E-state index in [9.17, 15) is 4.57 Å². The van der Waals surface area contributed by atoms with Crippen LogP contribution in [-0.2, 0) is 4.57 Å². The number of hydrogen-bond acceptors (Lipinski definition) is 4. The monoisotopic (exact) mass is 242 g/mol. The van der Waals surface area contributed by atoms with E-state index in [1.807, 2.05) is 6.92 Å². The van der Waals surface area contributed by atoms with Crippen molar-refractivity contribution >= 4 is 18.2 Å². The van der Waals surface area contributed by atoms with Gasteiger partial charge < -0.3 is 20.8 Å². The lowest BCUT2D eigenvalue weighted by Gasteiger charge is -2.19. The molecule has 0 saturated carbocycles. The first-order valence-electron chi connectivity index (χ1n) is 4.55. The lowest BCUT2D eigenvalue weighted by molar-refractivity contribution is 0.396. The Hall–Kier alpha value is 0.420. The highest BCUT2D eigenvalue weighted by Gasteiger charge is 2.19. The number of nitrogens with one attached hydrogen (secondary N) is 1. The molecular formula is C7H19N2O3PS. The molecule has 0 amide bonds. The van der Waals surface area contributed by atoms with Gasteiger partial charge in [0.15, 0.2) is 0 Å². The number of rotatable bonds is 7. The molecule has 7 heteroatoms. The van der Waals surface area contributed by atoms with Crippen LogP contribution < -0.4 is 11.1 Å². The Morgan fingerprint density at radius 3 is 2.50 bits per heavy atom. The van der Waals surface area contributed by atoms with Crippen LogP contribution in [0.3, 0.4) is 0 Å². The predicted molar refractivity (Wildman–Crippen MR) is 60.0 cm³/mol. The van der Waals surface area contributed by atoms with Crippen molar-refractivity contribution in [2.45, 2.75) is 38.1 Å². The lowest BCUT2D eigenvalue weighted by Crippen LogP contribution is -2.32. The molecule has 0 rings (SSSR count). The third-order valence-electron chi connectivity index (χ3n) is 1.66. The molecule has 0 spiro atoms. The number of nitrogens with two attached hydrogens (primary N) is 1. The minimum Gasteiger partial charge on any atom is -0.330 e. The molecule has 2 unspecified atom stereocenters. The maximum Gasteiger partial charge on any atom is 0.385 e. The molecule has 0 aromatic heterocycles. The smallest absolute Gasteiger partial charge is 0.330 e. The third kappa shape index (κ3) is 8.99. The molecule has 0 aliphatic heterocycles. The summed E-state index contributed by atoms with van der Waals surface area (Å²) in [6.45, 7) is 0.388. The van der Waals surface area contributed by atoms with Crippen molar-refractivity contribution in [1.82, 2.24) is 5.32 Å². The average molecular weight is 242 g/mol. The molecule has 0 fully saturated rings. The molecule has 86 valence electrons. The Balaban J connectivity index is 3.71. The van der Waals surface area contributed by atoms with Gasteiger partial charge >= 0.3 is 6.80 Å². The zero-order valence-electron chi connectivity index (χ0n) is 8.51. The van der Waals surface area contributed by atoms with Crippen molar-refractivity contribution in [3.63, 3.8) is 0 Å². The zero-order valence-corrected chi connectivity index (χ0v) is 10.2. The summed E-state index contributed by atoms with van der Waals surface area (Å²) in [7, 11) is 0. The molecule has 0 saturated heterocycles. The van der Waals surface area contributed by atoms with E-state index in [1.54, 1.807) is 6.92 Å². The Kier molecular flexibility index (Phi) is 7.03. The van der Waals surface area contributed by atoms with Crippen molar-refractivity contribution in [1.29, 1.82) is 0 Å². The van der Waals surface area contributed by atoms with Gasteiger partial charge in [-0.25, -0.2) is 4.57 Å². The molecule has 0 heterocycles. The Bertz CT molecular complexity index is 199. The topological polar surface area (TPSA) is 95.6 Å². The minimum absolute atomic E-state index is 0.229. The molecule has 0 bridgehead atoms. The van der Waals surface area contributed by atoms with Gasteiger partial charge in [-0.15, -0.1) is 0 Å². The fourth-order valence-corrected chi connectivity index (χ4v) is 3.27. The van der Waals surface area contributed by atoms with Crippen LogP contribution in [0.4, 0.5) is 0 Å². The quantitative estimate of drug-likeness (QED) is 0.391. The van der Waals surface area contributed by atoms with Gasteiger partial charge in [-0.05, 0) is 44.6 Å². The molecule has 14 heavy (non-hydrogen) atoms. The molecule has 0 aromatic carbocycles. The Labute approximate surface area is 88.7 Å². The first-order valence-corrected chi connectivity index (χ1v) is 7.65. The van der Waals surface area contributed by atoms with Crippen molar-refractivity contribution in [2.24, 2.45) is 5.73 Å². The first kappa shape index (κ1) is 14.4. The van der Waals surface area contributed by atoms with E-state index < -0.39 is 6.80 Å². The van der Waals surface area contributed by atoms with Crippen LogP contribution in [0.15, 0.2) is 0 Å². The largest absolute Gasteiger partial charge is 0.385 e. The summed E-state index contributed by atoms with van der Waals surface area (Å²) < 4.78 is 10.6. The van der Waals surface area contributed by atoms with Crippen LogP contribution in [0.2, 0.25) is 0 Å². The number of hydrogen-bond donors (Lipinski definition) is 4. The third-order valence-corrected chi connectivity index (χ3v) is 4.16. The molecule has 2 atom stereocenters. The van der Waals surface area contributed by atoms with Gasteiger partial charge in [-0.3, -0.25) is 0 Å². The summed E-state index contributed by atoms with van der Waals surface area (Å²) in [6.07, 6.45) is 1.84. The van der Waals surface area contributed by atoms with Crippen LogP contribution in [-0.4, -0.2) is 27.7 Å². The van der Waals surface area contributed by atoms with E-state index >= 15 is 0 Å². The van der Waals surface area contributed by atoms with E-state index in [1.165, 1.54) is 0 Å². The maximum absolute atomic E-state index is 10.6. The predicted octanol–water partition coefficient (Wildman–Crippen LogP) is 0.875. The van der Waals surface area contributed by atoms with Crippen LogP contribution in [0.5, 0.6) is 0 Å². The van der Waals surface area contributed by atoms with Gasteiger partial charge in [-0.1, -0.05) is 0 Å². The second-order valence-electron chi connectivity index (χ2n) is 3.24. The highest BCUT2D eigenvalue weighted by molar-refractivity contribution is 8.54. The second kappa shape index (κ2) is 6.82. The van der Waals surface area contributed by atoms with Gasteiger partial charge in [0.25, 0.3) is 0 Å². The highest BCUT2D eigenvalue weighted by Crippen LogP contribution is 2.51. The fraction of sp³-hybridized carbons (Fsp3) is 1.00. The minimum atomic E-state index is -3.97. The van der Waals surface area contributed by atoms with Crippen molar-refractivity contribution in [3.8, 4) is 0 Å². The lowest BCUT2D eigenvalue weighted by atomic mass is 10.2. The van der Waals surface area contributed by atoms with E-state index in [0.717, 1.165) is 12.8 Å². The molecular weight excluding hydrogens is 223 g/mol. The van der Waals surface area contributed by atoms with Crippen molar-refractivity contribution in [3.05, 3.63) is 0 Å². The summed E-state index contributed by atoms with van der Waals surface area (Å²) in [6, 6.07) is 0.229. The van der Waals surface area contributed by atoms with Crippen LogP contribution in [0, 0.1) is 0 Å². The zero-order chi connectivity index (χ0) is 11.2. The normalized spacial score (nSPS) is 16.6. The fourth-order valence-electron chi connectivity index (χ4n) is 1.14. The molecule has 0 aromatic rings. The molecule has 5 N–H and O–H groups in total. The summed E-state index contributed by atoms with van der Waals surface area (Å²) in [4.78, 5) is 17.4. The van der Waals surface area contributed by atoms with Crippen LogP contribution in [0.25, 0.3) is 0 Å². The summed E-state index contributed by atoms with van der Waals surface area (Å²) in [5.74, 6) is 0. The van der Waals surface area contributed by atoms with Gasteiger partial charge in [0, 0.05) is 6.04 Å². The van der Waals surface area contributed by atoms with E-state index in [2.05, 4.69) is 5.32 Å². The molecule has 5 nitrogen and oxygen atoms in total. The summed E-state index contributed by atoms with van der Waals surface area (Å²) in [5.41, 5.74) is 5.35. The van der Waals surface area contributed by atoms with E-state index in [0.29, 0.717) is 17.9 Å². The Morgan fingerprint density at radius 2 is 2.07 bits per heavy atom. The van der Waals surface area contributed by atoms with Gasteiger partial charge in [0.1, 0.15) is 0 Å². The van der Waals surface area contributed by atoms with Crippen molar-refractivity contribution < 1.29 is 14.4 Å². The molecule has 0 aliphatic carbocycles. The SMILES string of the molecule is CC(CCCN)NC(C)SP(=O)(O)O. The first-order chi connectivity index (χ1) is 6.35. The van der Waals surface area contributed by atoms with E-state index in [4.69, 9.17) is 15.5 Å². The maximum atomic E-state index is 10.6. The average Bonchev–Trinajstić information content (AvgIpc) is 1.96. The summed E-state index contributed by atoms with van der Waals surface area (Å²) in [5, 5.41) is 2.84. The van der Waals surface area contributed by atoms with Gasteiger partial charge in [0.05, 0.1) is 5.37 Å². The van der Waals surface area contributed by atoms with Crippen LogP contribution in [0.1, 0.15) is 26.7 Å². The van der Waals surface area contributed by atoms with Gasteiger partial charge in [0.2, 0.25) is 0 Å². The van der Waals surface area contributed by atoms with Crippen molar-refractivity contribution in [2.75, 3.05) is 6.54 Å². The Morgan fingerprint density at radius 1 is 1.50 bits per heavy atom.